The summed E-state index contributed by atoms with van der Waals surface area (Å²) >= 11 is 0. The number of rotatable bonds is 10. The molecular formula is C53H53F2LiO7. The second kappa shape index (κ2) is 21.6. The Morgan fingerprint density at radius 1 is 0.635 bits per heavy atom. The maximum absolute atomic E-state index is 14.2. The van der Waals surface area contributed by atoms with Gasteiger partial charge in [-0.25, -0.2) is 8.78 Å². The van der Waals surface area contributed by atoms with Gasteiger partial charge in [-0.3, -0.25) is 9.59 Å². The minimum atomic E-state index is -0.802. The third kappa shape index (κ3) is 11.9. The number of carboxylic acids is 1. The van der Waals surface area contributed by atoms with Crippen LogP contribution in [0.5, 0.6) is 11.5 Å². The van der Waals surface area contributed by atoms with E-state index >= 15 is 0 Å². The minimum Gasteiger partial charge on any atom is -0.870 e. The second-order valence-corrected chi connectivity index (χ2v) is 16.4. The Bertz CT molecular complexity index is 2520. The largest absolute Gasteiger partial charge is 1.00 e. The first-order valence-corrected chi connectivity index (χ1v) is 21.0. The number of carbonyl (C=O) groups is 2. The molecule has 0 radical (unpaired) electrons. The van der Waals surface area contributed by atoms with Crippen molar-refractivity contribution in [2.75, 3.05) is 7.11 Å². The number of hydrogen-bond acceptors (Lipinski definition) is 6. The molecule has 0 amide bonds. The molecule has 0 saturated heterocycles. The Balaban J connectivity index is 0.000000230. The van der Waals surface area contributed by atoms with E-state index in [1.54, 1.807) is 12.1 Å². The Kier molecular flexibility index (Phi) is 16.5. The Morgan fingerprint density at radius 3 is 1.44 bits per heavy atom. The van der Waals surface area contributed by atoms with Gasteiger partial charge in [-0.05, 0) is 132 Å². The molecular weight excluding hydrogens is 794 g/mol. The molecule has 63 heavy (non-hydrogen) atoms. The summed E-state index contributed by atoms with van der Waals surface area (Å²) in [5.74, 6) is 0.242. The molecule has 0 aromatic heterocycles. The molecule has 0 saturated carbocycles. The standard InChI is InChI=1S/C27H27FO3.C26H25FO3.Li.H2O/c1-17-4-12-24(28)23(14-17)19-5-7-20(8-6-19)25-13-11-21-9-10-22(16-26(21)31-25)18(2)15-27(29)30-3;1-16-3-11-23(27)22(13-16)18-4-6-19(7-5-18)24-12-10-20-8-9-21(15-25(20)30-24)17(2)14-26(28)29;;/h4-10,12,14,16,18,25H,11,13,15H2,1-3H3;3-9,11,13,15,17,24H,10,12,14H2,1-2H3,(H,28,29);;1H2/q;;+1;/p-1. The summed E-state index contributed by atoms with van der Waals surface area (Å²) in [5, 5.41) is 9.06. The van der Waals surface area contributed by atoms with Gasteiger partial charge in [-0.15, -0.1) is 0 Å². The van der Waals surface area contributed by atoms with Gasteiger partial charge in [0.25, 0.3) is 0 Å². The van der Waals surface area contributed by atoms with Gasteiger partial charge in [0.05, 0.1) is 20.0 Å². The van der Waals surface area contributed by atoms with Crippen LogP contribution in [0.1, 0.15) is 108 Å². The van der Waals surface area contributed by atoms with E-state index in [1.807, 2.05) is 113 Å². The molecule has 0 aliphatic carbocycles. The molecule has 0 bridgehead atoms. The molecule has 2 N–H and O–H groups in total. The van der Waals surface area contributed by atoms with Crippen LogP contribution in [0, 0.1) is 25.5 Å². The first kappa shape index (κ1) is 48.3. The number of ether oxygens (including phenoxy) is 3. The van der Waals surface area contributed by atoms with Crippen LogP contribution in [0.4, 0.5) is 8.78 Å². The van der Waals surface area contributed by atoms with Gasteiger partial charge < -0.3 is 24.8 Å². The molecule has 2 aliphatic rings. The number of halogens is 2. The van der Waals surface area contributed by atoms with Gasteiger partial charge in [0.2, 0.25) is 0 Å². The maximum atomic E-state index is 14.2. The Labute approximate surface area is 380 Å². The van der Waals surface area contributed by atoms with E-state index in [0.717, 1.165) is 87.3 Å². The quantitative estimate of drug-likeness (QED) is 0.108. The zero-order valence-electron chi connectivity index (χ0n) is 36.8. The number of carbonyl (C=O) groups excluding carboxylic acids is 1. The number of benzene rings is 6. The van der Waals surface area contributed by atoms with Crippen LogP contribution in [0.3, 0.4) is 0 Å². The molecule has 7 nitrogen and oxygen atoms in total. The van der Waals surface area contributed by atoms with Gasteiger partial charge in [0, 0.05) is 11.1 Å². The molecule has 0 fully saturated rings. The van der Waals surface area contributed by atoms with E-state index in [4.69, 9.17) is 19.3 Å². The summed E-state index contributed by atoms with van der Waals surface area (Å²) in [4.78, 5) is 22.6. The molecule has 8 rings (SSSR count). The predicted molar refractivity (Wildman–Crippen MR) is 237 cm³/mol. The van der Waals surface area contributed by atoms with E-state index in [0.29, 0.717) is 17.5 Å². The second-order valence-electron chi connectivity index (χ2n) is 16.4. The number of methoxy groups -OCH3 is 1. The monoisotopic (exact) mass is 846 g/mol. The van der Waals surface area contributed by atoms with Crippen LogP contribution in [-0.2, 0) is 27.2 Å². The fourth-order valence-electron chi connectivity index (χ4n) is 8.16. The van der Waals surface area contributed by atoms with Gasteiger partial charge in [0.15, 0.2) is 0 Å². The molecule has 0 spiro atoms. The van der Waals surface area contributed by atoms with E-state index < -0.39 is 5.97 Å². The molecule has 2 heterocycles. The van der Waals surface area contributed by atoms with Crippen LogP contribution in [0.2, 0.25) is 0 Å². The molecule has 2 aliphatic heterocycles. The third-order valence-electron chi connectivity index (χ3n) is 11.8. The topological polar surface area (TPSA) is 112 Å². The number of hydrogen-bond donors (Lipinski definition) is 1. The molecule has 4 unspecified atom stereocenters. The summed E-state index contributed by atoms with van der Waals surface area (Å²) in [6.45, 7) is 7.85. The number of fused-ring (bicyclic) bond motifs is 2. The molecule has 322 valence electrons. The number of carboxylic acid groups (broad SMARTS) is 1. The van der Waals surface area contributed by atoms with Crippen molar-refractivity contribution in [3.05, 3.63) is 177 Å². The van der Waals surface area contributed by atoms with E-state index in [2.05, 4.69) is 12.1 Å². The summed E-state index contributed by atoms with van der Waals surface area (Å²) < 4.78 is 45.8. The normalized spacial score (nSPS) is 15.8. The van der Waals surface area contributed by atoms with Crippen molar-refractivity contribution in [1.82, 2.24) is 0 Å². The summed E-state index contributed by atoms with van der Waals surface area (Å²) in [7, 11) is 1.41. The average Bonchev–Trinajstić information content (AvgIpc) is 3.27. The van der Waals surface area contributed by atoms with Crippen molar-refractivity contribution in [3.8, 4) is 33.8 Å². The van der Waals surface area contributed by atoms with Crippen LogP contribution in [0.15, 0.2) is 121 Å². The summed E-state index contributed by atoms with van der Waals surface area (Å²) in [5.41, 5.74) is 11.5. The average molecular weight is 847 g/mol. The number of aliphatic carboxylic acids is 1. The summed E-state index contributed by atoms with van der Waals surface area (Å²) in [6.07, 6.45) is 3.92. The first-order chi connectivity index (χ1) is 29.3. The van der Waals surface area contributed by atoms with Crippen LogP contribution >= 0.6 is 0 Å². The maximum Gasteiger partial charge on any atom is 1.00 e. The zero-order valence-corrected chi connectivity index (χ0v) is 36.8. The van der Waals surface area contributed by atoms with Crippen molar-refractivity contribution < 1.29 is 62.0 Å². The number of esters is 1. The van der Waals surface area contributed by atoms with Gasteiger partial charge in [-0.1, -0.05) is 110 Å². The number of aryl methyl sites for hydroxylation is 4. The van der Waals surface area contributed by atoms with Gasteiger partial charge >= 0.3 is 30.8 Å². The van der Waals surface area contributed by atoms with Crippen LogP contribution in [0.25, 0.3) is 22.3 Å². The fourth-order valence-corrected chi connectivity index (χ4v) is 8.16. The minimum absolute atomic E-state index is 0. The molecule has 6 aromatic rings. The van der Waals surface area contributed by atoms with E-state index in [9.17, 15) is 18.4 Å². The molecule has 6 aromatic carbocycles. The van der Waals surface area contributed by atoms with Crippen molar-refractivity contribution >= 4 is 11.9 Å². The molecule has 4 atom stereocenters. The third-order valence-corrected chi connectivity index (χ3v) is 11.8. The SMILES string of the molecule is COC(=O)CC(C)c1ccc2c(c1)OC(c1ccc(-c3cc(C)ccc3F)cc1)CC2.Cc1ccc(F)c(-c2ccc(C3CCc4ccc(C(C)CC(=O)O)cc4O3)cc2)c1.[Li+].[OH-]. The van der Waals surface area contributed by atoms with Crippen LogP contribution < -0.4 is 28.3 Å². The van der Waals surface area contributed by atoms with E-state index in [-0.39, 0.29) is 72.4 Å². The Hall–Kier alpha value is -5.72. The smallest absolute Gasteiger partial charge is 0.870 e. The van der Waals surface area contributed by atoms with Gasteiger partial charge in [-0.2, -0.15) is 0 Å². The van der Waals surface area contributed by atoms with Crippen molar-refractivity contribution in [2.24, 2.45) is 0 Å². The zero-order chi connectivity index (χ0) is 43.2. The fraction of sp³-hybridized carbons (Fsp3) is 0.283. The Morgan fingerprint density at radius 2 is 1.05 bits per heavy atom. The van der Waals surface area contributed by atoms with Gasteiger partial charge in [0.1, 0.15) is 35.3 Å². The van der Waals surface area contributed by atoms with Crippen LogP contribution in [-0.4, -0.2) is 29.6 Å². The van der Waals surface area contributed by atoms with Crippen molar-refractivity contribution in [1.29, 1.82) is 0 Å². The summed E-state index contributed by atoms with van der Waals surface area (Å²) in [6, 6.07) is 38.4. The van der Waals surface area contributed by atoms with E-state index in [1.165, 1.54) is 24.8 Å². The van der Waals surface area contributed by atoms with Crippen molar-refractivity contribution in [3.63, 3.8) is 0 Å². The van der Waals surface area contributed by atoms with Crippen molar-refractivity contribution in [2.45, 2.75) is 90.3 Å². The predicted octanol–water partition coefficient (Wildman–Crippen LogP) is 9.81. The first-order valence-electron chi connectivity index (χ1n) is 21.0. The molecule has 10 heteroatoms.